The zero-order valence-corrected chi connectivity index (χ0v) is 10.1. The fourth-order valence-corrected chi connectivity index (χ4v) is 1.76. The minimum absolute atomic E-state index is 0.312. The summed E-state index contributed by atoms with van der Waals surface area (Å²) in [6, 6.07) is 6.06. The quantitative estimate of drug-likeness (QED) is 0.857. The molecule has 0 bridgehead atoms. The number of likely N-dealkylation sites (N-methyl/N-ethyl adjacent to an activating group) is 1. The molecule has 0 amide bonds. The number of oxazole rings is 1. The van der Waals surface area contributed by atoms with E-state index in [2.05, 4.69) is 24.1 Å². The van der Waals surface area contributed by atoms with E-state index < -0.39 is 0 Å². The van der Waals surface area contributed by atoms with E-state index >= 15 is 0 Å². The van der Waals surface area contributed by atoms with Gasteiger partial charge in [-0.3, -0.25) is 0 Å². The molecule has 0 spiro atoms. The molecule has 0 aliphatic rings. The van der Waals surface area contributed by atoms with E-state index in [-0.39, 0.29) is 0 Å². The lowest BCUT2D eigenvalue weighted by Crippen LogP contribution is -2.19. The molecule has 0 saturated carbocycles. The van der Waals surface area contributed by atoms with Crippen molar-refractivity contribution >= 4 is 11.1 Å². The molecule has 0 radical (unpaired) electrons. The van der Waals surface area contributed by atoms with Crippen molar-refractivity contribution in [3.05, 3.63) is 29.7 Å². The van der Waals surface area contributed by atoms with Crippen molar-refractivity contribution in [1.82, 2.24) is 10.3 Å². The Morgan fingerprint density at radius 1 is 1.44 bits per heavy atom. The Balaban J connectivity index is 2.29. The van der Waals surface area contributed by atoms with Gasteiger partial charge in [-0.15, -0.1) is 0 Å². The van der Waals surface area contributed by atoms with Crippen LogP contribution in [0.5, 0.6) is 0 Å². The van der Waals surface area contributed by atoms with Crippen molar-refractivity contribution in [2.24, 2.45) is 0 Å². The van der Waals surface area contributed by atoms with E-state index in [0.717, 1.165) is 35.6 Å². The van der Waals surface area contributed by atoms with Gasteiger partial charge in [0.25, 0.3) is 0 Å². The number of benzene rings is 1. The zero-order chi connectivity index (χ0) is 11.5. The minimum atomic E-state index is 0.312. The molecule has 0 aliphatic heterocycles. The maximum atomic E-state index is 5.81. The third-order valence-corrected chi connectivity index (χ3v) is 2.75. The first-order chi connectivity index (χ1) is 7.72. The Labute approximate surface area is 95.9 Å². The van der Waals surface area contributed by atoms with Crippen molar-refractivity contribution < 1.29 is 4.42 Å². The van der Waals surface area contributed by atoms with E-state index in [1.807, 2.05) is 25.1 Å². The lowest BCUT2D eigenvalue weighted by Gasteiger charge is -2.06. The molecule has 2 rings (SSSR count). The van der Waals surface area contributed by atoms with Gasteiger partial charge in [0, 0.05) is 12.5 Å². The molecule has 1 unspecified atom stereocenters. The summed E-state index contributed by atoms with van der Waals surface area (Å²) < 4.78 is 5.81. The van der Waals surface area contributed by atoms with Crippen LogP contribution in [0.3, 0.4) is 0 Å². The summed E-state index contributed by atoms with van der Waals surface area (Å²) in [5.74, 6) is 1.14. The van der Waals surface area contributed by atoms with Crippen LogP contribution < -0.4 is 5.32 Å². The molecule has 1 atom stereocenters. The number of para-hydroxylation sites is 1. The van der Waals surface area contributed by atoms with Crippen LogP contribution in [0.4, 0.5) is 0 Å². The van der Waals surface area contributed by atoms with E-state index in [1.165, 1.54) is 0 Å². The number of rotatable bonds is 4. The summed E-state index contributed by atoms with van der Waals surface area (Å²) in [6.45, 7) is 8.16. The molecule has 3 nitrogen and oxygen atoms in total. The number of hydrogen-bond donors (Lipinski definition) is 1. The molecule has 1 N–H and O–H groups in total. The second-order valence-electron chi connectivity index (χ2n) is 4.18. The maximum Gasteiger partial charge on any atom is 0.199 e. The first kappa shape index (κ1) is 11.1. The SMILES string of the molecule is CCNCC(C)c1nc2cccc(C)c2o1. The molecule has 16 heavy (non-hydrogen) atoms. The molecular weight excluding hydrogens is 200 g/mol. The first-order valence-electron chi connectivity index (χ1n) is 5.79. The fraction of sp³-hybridized carbons (Fsp3) is 0.462. The highest BCUT2D eigenvalue weighted by atomic mass is 16.3. The van der Waals surface area contributed by atoms with Gasteiger partial charge in [-0.25, -0.2) is 4.98 Å². The first-order valence-corrected chi connectivity index (χ1v) is 5.79. The van der Waals surface area contributed by atoms with Gasteiger partial charge in [-0.05, 0) is 25.1 Å². The Kier molecular flexibility index (Phi) is 3.25. The molecule has 0 fully saturated rings. The van der Waals surface area contributed by atoms with Gasteiger partial charge < -0.3 is 9.73 Å². The van der Waals surface area contributed by atoms with E-state index in [0.29, 0.717) is 5.92 Å². The monoisotopic (exact) mass is 218 g/mol. The second-order valence-corrected chi connectivity index (χ2v) is 4.18. The van der Waals surface area contributed by atoms with E-state index in [9.17, 15) is 0 Å². The molecule has 3 heteroatoms. The van der Waals surface area contributed by atoms with Gasteiger partial charge in [-0.2, -0.15) is 0 Å². The van der Waals surface area contributed by atoms with Gasteiger partial charge in [0.2, 0.25) is 0 Å². The summed E-state index contributed by atoms with van der Waals surface area (Å²) in [6.07, 6.45) is 0. The smallest absolute Gasteiger partial charge is 0.199 e. The Bertz CT molecular complexity index is 476. The van der Waals surface area contributed by atoms with Gasteiger partial charge in [0.1, 0.15) is 5.52 Å². The average molecular weight is 218 g/mol. The number of fused-ring (bicyclic) bond motifs is 1. The standard InChI is InChI=1S/C13H18N2O/c1-4-14-8-10(3)13-15-11-7-5-6-9(2)12(11)16-13/h5-7,10,14H,4,8H2,1-3H3. The summed E-state index contributed by atoms with van der Waals surface area (Å²) in [5, 5.41) is 3.31. The third kappa shape index (κ3) is 2.09. The highest BCUT2D eigenvalue weighted by Crippen LogP contribution is 2.23. The second kappa shape index (κ2) is 4.66. The maximum absolute atomic E-state index is 5.81. The number of nitrogens with one attached hydrogen (secondary N) is 1. The fourth-order valence-electron chi connectivity index (χ4n) is 1.76. The molecule has 1 aromatic carbocycles. The normalized spacial score (nSPS) is 13.2. The number of aryl methyl sites for hydroxylation is 1. The molecule has 1 aromatic heterocycles. The van der Waals surface area contributed by atoms with E-state index in [1.54, 1.807) is 0 Å². The van der Waals surface area contributed by atoms with Gasteiger partial charge in [0.05, 0.1) is 0 Å². The van der Waals surface area contributed by atoms with Gasteiger partial charge in [-0.1, -0.05) is 26.0 Å². The highest BCUT2D eigenvalue weighted by Gasteiger charge is 2.13. The lowest BCUT2D eigenvalue weighted by atomic mass is 10.2. The number of hydrogen-bond acceptors (Lipinski definition) is 3. The molecule has 1 heterocycles. The van der Waals surface area contributed by atoms with Crippen LogP contribution in [0.25, 0.3) is 11.1 Å². The molecule has 2 aromatic rings. The topological polar surface area (TPSA) is 38.1 Å². The predicted molar refractivity (Wildman–Crippen MR) is 65.7 cm³/mol. The van der Waals surface area contributed by atoms with Crippen molar-refractivity contribution in [3.8, 4) is 0 Å². The van der Waals surface area contributed by atoms with E-state index in [4.69, 9.17) is 4.42 Å². The Hall–Kier alpha value is -1.35. The van der Waals surface area contributed by atoms with Crippen LogP contribution in [-0.2, 0) is 0 Å². The molecular formula is C13H18N2O. The van der Waals surface area contributed by atoms with Gasteiger partial charge >= 0.3 is 0 Å². The molecule has 0 aliphatic carbocycles. The van der Waals surface area contributed by atoms with Gasteiger partial charge in [0.15, 0.2) is 11.5 Å². The summed E-state index contributed by atoms with van der Waals surface area (Å²) >= 11 is 0. The van der Waals surface area contributed by atoms with Crippen LogP contribution in [0.2, 0.25) is 0 Å². The molecule has 86 valence electrons. The van der Waals surface area contributed by atoms with Crippen LogP contribution in [0.1, 0.15) is 31.2 Å². The minimum Gasteiger partial charge on any atom is -0.440 e. The van der Waals surface area contributed by atoms with Crippen molar-refractivity contribution in [3.63, 3.8) is 0 Å². The van der Waals surface area contributed by atoms with Crippen molar-refractivity contribution in [2.45, 2.75) is 26.7 Å². The lowest BCUT2D eigenvalue weighted by molar-refractivity contribution is 0.469. The molecule has 0 saturated heterocycles. The van der Waals surface area contributed by atoms with Crippen LogP contribution >= 0.6 is 0 Å². The third-order valence-electron chi connectivity index (χ3n) is 2.75. The van der Waals surface area contributed by atoms with Crippen LogP contribution in [0.15, 0.2) is 22.6 Å². The van der Waals surface area contributed by atoms with Crippen molar-refractivity contribution in [1.29, 1.82) is 0 Å². The Morgan fingerprint density at radius 2 is 2.25 bits per heavy atom. The van der Waals surface area contributed by atoms with Crippen LogP contribution in [0, 0.1) is 6.92 Å². The summed E-state index contributed by atoms with van der Waals surface area (Å²) in [5.41, 5.74) is 3.02. The Morgan fingerprint density at radius 3 is 2.94 bits per heavy atom. The van der Waals surface area contributed by atoms with Crippen molar-refractivity contribution in [2.75, 3.05) is 13.1 Å². The predicted octanol–water partition coefficient (Wildman–Crippen LogP) is 2.85. The average Bonchev–Trinajstić information content (AvgIpc) is 2.71. The van der Waals surface area contributed by atoms with Crippen LogP contribution in [-0.4, -0.2) is 18.1 Å². The zero-order valence-electron chi connectivity index (χ0n) is 10.1. The highest BCUT2D eigenvalue weighted by molar-refractivity contribution is 5.76. The summed E-state index contributed by atoms with van der Waals surface area (Å²) in [7, 11) is 0. The largest absolute Gasteiger partial charge is 0.440 e. The summed E-state index contributed by atoms with van der Waals surface area (Å²) in [4.78, 5) is 4.52. The number of nitrogens with zero attached hydrogens (tertiary/aromatic N) is 1. The number of aromatic nitrogens is 1.